The van der Waals surface area contributed by atoms with Crippen molar-refractivity contribution in [2.45, 2.75) is 11.8 Å². The molecule has 8 nitrogen and oxygen atoms in total. The molecular weight excluding hydrogens is 296 g/mol. The molecule has 0 unspecified atom stereocenters. The van der Waals surface area contributed by atoms with Crippen LogP contribution in [0.5, 0.6) is 0 Å². The van der Waals surface area contributed by atoms with E-state index in [9.17, 15) is 13.2 Å². The number of carbonyl (C=O) groups excluding carboxylic acids is 1. The van der Waals surface area contributed by atoms with Crippen LogP contribution in [0.1, 0.15) is 5.76 Å². The summed E-state index contributed by atoms with van der Waals surface area (Å²) in [6.45, 7) is 1.96. The van der Waals surface area contributed by atoms with E-state index in [-0.39, 0.29) is 29.7 Å². The first-order valence-corrected chi connectivity index (χ1v) is 7.79. The number of rotatable bonds is 3. The summed E-state index contributed by atoms with van der Waals surface area (Å²) in [4.78, 5) is 11.4. The standard InChI is InChI=1S/C12H14N4O4S/c1-8-11(6-10(20-8)9-2-3-14-15-9)21(18,19)16-5-4-13-12(17)7-16/h2-3,6H,4-5,7H2,1H3,(H,13,17)(H,14,15). The van der Waals surface area contributed by atoms with Gasteiger partial charge in [0.15, 0.2) is 5.76 Å². The fourth-order valence-electron chi connectivity index (χ4n) is 2.21. The maximum Gasteiger partial charge on any atom is 0.247 e. The van der Waals surface area contributed by atoms with Crippen molar-refractivity contribution in [2.24, 2.45) is 0 Å². The Bertz CT molecular complexity index is 763. The monoisotopic (exact) mass is 310 g/mol. The Morgan fingerprint density at radius 2 is 2.24 bits per heavy atom. The molecule has 3 rings (SSSR count). The Morgan fingerprint density at radius 1 is 1.43 bits per heavy atom. The zero-order valence-electron chi connectivity index (χ0n) is 11.3. The molecule has 9 heteroatoms. The maximum absolute atomic E-state index is 12.6. The predicted octanol–water partition coefficient (Wildman–Crippen LogP) is 0.0986. The first-order valence-electron chi connectivity index (χ1n) is 6.35. The van der Waals surface area contributed by atoms with Crippen LogP contribution in [0.3, 0.4) is 0 Å². The highest BCUT2D eigenvalue weighted by Gasteiger charge is 2.32. The highest BCUT2D eigenvalue weighted by Crippen LogP contribution is 2.29. The molecule has 1 aliphatic heterocycles. The van der Waals surface area contributed by atoms with Crippen LogP contribution in [0.25, 0.3) is 11.5 Å². The van der Waals surface area contributed by atoms with Crippen LogP contribution in [0.2, 0.25) is 0 Å². The molecule has 0 atom stereocenters. The quantitative estimate of drug-likeness (QED) is 0.836. The lowest BCUT2D eigenvalue weighted by Crippen LogP contribution is -2.49. The molecule has 1 fully saturated rings. The first-order chi connectivity index (χ1) is 9.98. The highest BCUT2D eigenvalue weighted by molar-refractivity contribution is 7.89. The van der Waals surface area contributed by atoms with Crippen LogP contribution in [0.4, 0.5) is 0 Å². The molecule has 1 saturated heterocycles. The van der Waals surface area contributed by atoms with Crippen molar-refractivity contribution in [2.75, 3.05) is 19.6 Å². The SMILES string of the molecule is Cc1oc(-c2ccn[nH]2)cc1S(=O)(=O)N1CCNC(=O)C1. The maximum atomic E-state index is 12.6. The van der Waals surface area contributed by atoms with Gasteiger partial charge in [0.2, 0.25) is 15.9 Å². The van der Waals surface area contributed by atoms with Crippen molar-refractivity contribution in [1.29, 1.82) is 0 Å². The fourth-order valence-corrected chi connectivity index (χ4v) is 3.76. The fraction of sp³-hybridized carbons (Fsp3) is 0.333. The molecule has 1 aliphatic rings. The third kappa shape index (κ3) is 2.45. The molecule has 0 radical (unpaired) electrons. The van der Waals surface area contributed by atoms with Crippen molar-refractivity contribution < 1.29 is 17.6 Å². The van der Waals surface area contributed by atoms with Crippen molar-refractivity contribution >= 4 is 15.9 Å². The zero-order valence-corrected chi connectivity index (χ0v) is 12.1. The van der Waals surface area contributed by atoms with Crippen LogP contribution >= 0.6 is 0 Å². The number of aryl methyl sites for hydroxylation is 1. The Labute approximate surface area is 121 Å². The van der Waals surface area contributed by atoms with Gasteiger partial charge >= 0.3 is 0 Å². The molecule has 1 amide bonds. The number of hydrogen-bond donors (Lipinski definition) is 2. The second-order valence-corrected chi connectivity index (χ2v) is 6.60. The molecular formula is C12H14N4O4S. The Balaban J connectivity index is 1.97. The zero-order chi connectivity index (χ0) is 15.0. The summed E-state index contributed by atoms with van der Waals surface area (Å²) in [6, 6.07) is 3.13. The van der Waals surface area contributed by atoms with E-state index in [1.54, 1.807) is 19.2 Å². The van der Waals surface area contributed by atoms with Crippen molar-refractivity contribution in [3.05, 3.63) is 24.1 Å². The second kappa shape index (κ2) is 5.01. The van der Waals surface area contributed by atoms with E-state index in [0.29, 0.717) is 18.0 Å². The summed E-state index contributed by atoms with van der Waals surface area (Å²) in [5.41, 5.74) is 0.593. The number of aromatic amines is 1. The number of sulfonamides is 1. The van der Waals surface area contributed by atoms with Gasteiger partial charge in [-0.3, -0.25) is 9.89 Å². The minimum atomic E-state index is -3.75. The molecule has 3 heterocycles. The molecule has 0 aromatic carbocycles. The summed E-state index contributed by atoms with van der Waals surface area (Å²) >= 11 is 0. The number of furan rings is 1. The smallest absolute Gasteiger partial charge is 0.247 e. The van der Waals surface area contributed by atoms with Crippen molar-refractivity contribution in [3.63, 3.8) is 0 Å². The second-order valence-electron chi connectivity index (χ2n) is 4.69. The molecule has 0 bridgehead atoms. The van der Waals surface area contributed by atoms with E-state index in [1.165, 1.54) is 6.07 Å². The van der Waals surface area contributed by atoms with Gasteiger partial charge in [-0.25, -0.2) is 8.42 Å². The van der Waals surface area contributed by atoms with E-state index in [4.69, 9.17) is 4.42 Å². The highest BCUT2D eigenvalue weighted by atomic mass is 32.2. The summed E-state index contributed by atoms with van der Waals surface area (Å²) in [7, 11) is -3.75. The van der Waals surface area contributed by atoms with Gasteiger partial charge in [-0.1, -0.05) is 0 Å². The summed E-state index contributed by atoms with van der Waals surface area (Å²) < 4.78 is 31.8. The van der Waals surface area contributed by atoms with E-state index >= 15 is 0 Å². The molecule has 2 N–H and O–H groups in total. The Kier molecular flexibility index (Phi) is 3.30. The number of amides is 1. The van der Waals surface area contributed by atoms with E-state index in [2.05, 4.69) is 15.5 Å². The van der Waals surface area contributed by atoms with Crippen LogP contribution in [-0.4, -0.2) is 48.5 Å². The lowest BCUT2D eigenvalue weighted by molar-refractivity contribution is -0.122. The molecule has 112 valence electrons. The van der Waals surface area contributed by atoms with Gasteiger partial charge in [-0.05, 0) is 13.0 Å². The Hall–Kier alpha value is -2.13. The number of aromatic nitrogens is 2. The topological polar surface area (TPSA) is 108 Å². The van der Waals surface area contributed by atoms with Gasteiger partial charge in [-0.15, -0.1) is 0 Å². The first kappa shape index (κ1) is 13.8. The minimum Gasteiger partial charge on any atom is -0.458 e. The van der Waals surface area contributed by atoms with Gasteiger partial charge in [0, 0.05) is 25.4 Å². The molecule has 0 spiro atoms. The number of piperazine rings is 1. The number of hydrogen-bond acceptors (Lipinski definition) is 5. The van der Waals surface area contributed by atoms with E-state index < -0.39 is 10.0 Å². The molecule has 0 aliphatic carbocycles. The molecule has 2 aromatic heterocycles. The van der Waals surface area contributed by atoms with Crippen molar-refractivity contribution in [1.82, 2.24) is 19.8 Å². The summed E-state index contributed by atoms with van der Waals surface area (Å²) in [5.74, 6) is 0.371. The van der Waals surface area contributed by atoms with Gasteiger partial charge < -0.3 is 9.73 Å². The molecule has 21 heavy (non-hydrogen) atoms. The minimum absolute atomic E-state index is 0.0711. The van der Waals surface area contributed by atoms with Gasteiger partial charge in [0.1, 0.15) is 16.3 Å². The third-order valence-corrected chi connectivity index (χ3v) is 5.21. The van der Waals surface area contributed by atoms with Crippen LogP contribution in [0, 0.1) is 6.92 Å². The van der Waals surface area contributed by atoms with E-state index in [0.717, 1.165) is 4.31 Å². The summed E-state index contributed by atoms with van der Waals surface area (Å²) in [6.07, 6.45) is 1.55. The van der Waals surface area contributed by atoms with Gasteiger partial charge in [-0.2, -0.15) is 9.40 Å². The summed E-state index contributed by atoms with van der Waals surface area (Å²) in [5, 5.41) is 9.11. The number of nitrogens with zero attached hydrogens (tertiary/aromatic N) is 2. The third-order valence-electron chi connectivity index (χ3n) is 3.26. The predicted molar refractivity (Wildman–Crippen MR) is 72.8 cm³/mol. The molecule has 0 saturated carbocycles. The number of carbonyl (C=O) groups is 1. The average molecular weight is 310 g/mol. The Morgan fingerprint density at radius 3 is 2.90 bits per heavy atom. The van der Waals surface area contributed by atoms with E-state index in [1.807, 2.05) is 0 Å². The van der Waals surface area contributed by atoms with Gasteiger partial charge in [0.05, 0.1) is 6.54 Å². The largest absolute Gasteiger partial charge is 0.458 e. The lowest BCUT2D eigenvalue weighted by Gasteiger charge is -2.25. The van der Waals surface area contributed by atoms with Crippen LogP contribution < -0.4 is 5.32 Å². The van der Waals surface area contributed by atoms with Crippen LogP contribution in [-0.2, 0) is 14.8 Å². The number of nitrogens with one attached hydrogen (secondary N) is 2. The lowest BCUT2D eigenvalue weighted by atomic mass is 10.3. The normalized spacial score (nSPS) is 16.9. The number of H-pyrrole nitrogens is 1. The molecule has 2 aromatic rings. The average Bonchev–Trinajstić information content (AvgIpc) is 3.07. The van der Waals surface area contributed by atoms with Gasteiger partial charge in [0.25, 0.3) is 0 Å². The van der Waals surface area contributed by atoms with Crippen molar-refractivity contribution in [3.8, 4) is 11.5 Å². The van der Waals surface area contributed by atoms with Crippen LogP contribution in [0.15, 0.2) is 27.6 Å².